The average molecular weight is 688 g/mol. The molecule has 2 aromatic carbocycles. The summed E-state index contributed by atoms with van der Waals surface area (Å²) in [7, 11) is 1.76. The molecule has 49 heavy (non-hydrogen) atoms. The highest BCUT2D eigenvalue weighted by Crippen LogP contribution is 2.37. The van der Waals surface area contributed by atoms with Crippen molar-refractivity contribution in [2.75, 3.05) is 18.5 Å². The van der Waals surface area contributed by atoms with Crippen LogP contribution >= 0.6 is 11.3 Å². The van der Waals surface area contributed by atoms with Crippen molar-refractivity contribution >= 4 is 40.9 Å². The number of phenolic OH excluding ortho intramolecular Hbond substituents is 1. The SMILES string of the molecule is CCOC(=O)c1ccc(O)c(-c2nn(C)cc2-c2ccc(NC(=O)[C@@H]3CCCCN3C(=O)[C@H](NC(=O)OC(C)(C)C)c3cccs3)cc2)c1. The number of carbonyl (C=O) groups excluding carboxylic acids is 4. The lowest BCUT2D eigenvalue weighted by molar-refractivity contribution is -0.142. The van der Waals surface area contributed by atoms with Crippen molar-refractivity contribution in [3.05, 3.63) is 76.6 Å². The van der Waals surface area contributed by atoms with Gasteiger partial charge in [0.05, 0.1) is 12.2 Å². The minimum atomic E-state index is -0.992. The van der Waals surface area contributed by atoms with Gasteiger partial charge in [0, 0.05) is 41.5 Å². The second-order valence-corrected chi connectivity index (χ2v) is 13.7. The number of hydrogen-bond acceptors (Lipinski definition) is 9. The molecule has 0 aliphatic carbocycles. The Bertz CT molecular complexity index is 1810. The predicted octanol–water partition coefficient (Wildman–Crippen LogP) is 6.28. The van der Waals surface area contributed by atoms with Crippen molar-refractivity contribution in [1.29, 1.82) is 0 Å². The molecular weight excluding hydrogens is 646 g/mol. The first-order valence-corrected chi connectivity index (χ1v) is 17.0. The van der Waals surface area contributed by atoms with Crippen LogP contribution in [-0.2, 0) is 26.1 Å². The minimum Gasteiger partial charge on any atom is -0.507 e. The van der Waals surface area contributed by atoms with Gasteiger partial charge in [-0.2, -0.15) is 5.10 Å². The number of hydrogen-bond donors (Lipinski definition) is 3. The fraction of sp³-hybridized carbons (Fsp3) is 0.361. The zero-order valence-corrected chi connectivity index (χ0v) is 29.0. The highest BCUT2D eigenvalue weighted by molar-refractivity contribution is 7.10. The largest absolute Gasteiger partial charge is 0.507 e. The number of aromatic nitrogens is 2. The number of carbonyl (C=O) groups is 4. The third-order valence-electron chi connectivity index (χ3n) is 7.88. The van der Waals surface area contributed by atoms with Crippen LogP contribution in [0.4, 0.5) is 10.5 Å². The molecule has 3 N–H and O–H groups in total. The van der Waals surface area contributed by atoms with Crippen LogP contribution in [0, 0.1) is 0 Å². The second kappa shape index (κ2) is 14.9. The first-order chi connectivity index (χ1) is 23.3. The third kappa shape index (κ3) is 8.47. The maximum Gasteiger partial charge on any atom is 0.408 e. The van der Waals surface area contributed by atoms with Crippen molar-refractivity contribution in [3.63, 3.8) is 0 Å². The number of nitrogens with zero attached hydrogens (tertiary/aromatic N) is 3. The molecule has 3 amide bonds. The van der Waals surface area contributed by atoms with E-state index in [4.69, 9.17) is 9.47 Å². The number of amides is 3. The summed E-state index contributed by atoms with van der Waals surface area (Å²) in [5.41, 5.74) is 2.41. The van der Waals surface area contributed by atoms with Crippen molar-refractivity contribution < 1.29 is 33.8 Å². The molecule has 0 radical (unpaired) electrons. The Morgan fingerprint density at radius 2 is 1.82 bits per heavy atom. The van der Waals surface area contributed by atoms with Crippen molar-refractivity contribution in [1.82, 2.24) is 20.0 Å². The minimum absolute atomic E-state index is 0.0360. The molecule has 13 heteroatoms. The topological polar surface area (TPSA) is 152 Å². The van der Waals surface area contributed by atoms with E-state index in [-0.39, 0.29) is 24.2 Å². The quantitative estimate of drug-likeness (QED) is 0.174. The molecule has 1 fully saturated rings. The summed E-state index contributed by atoms with van der Waals surface area (Å²) in [5.74, 6) is -1.24. The first kappa shape index (κ1) is 35.1. The molecule has 0 bridgehead atoms. The van der Waals surface area contributed by atoms with Gasteiger partial charge in [-0.1, -0.05) is 18.2 Å². The Balaban J connectivity index is 1.34. The van der Waals surface area contributed by atoms with Crippen LogP contribution in [0.25, 0.3) is 22.4 Å². The molecule has 2 atom stereocenters. The molecule has 0 spiro atoms. The van der Waals surface area contributed by atoms with E-state index in [1.165, 1.54) is 23.5 Å². The lowest BCUT2D eigenvalue weighted by Crippen LogP contribution is -2.53. The summed E-state index contributed by atoms with van der Waals surface area (Å²) in [6.45, 7) is 7.57. The van der Waals surface area contributed by atoms with Crippen molar-refractivity contribution in [2.45, 2.75) is 64.6 Å². The van der Waals surface area contributed by atoms with Crippen LogP contribution in [0.1, 0.15) is 68.2 Å². The number of aromatic hydroxyl groups is 1. The molecular formula is C36H41N5O7S. The number of phenols is 1. The zero-order valence-electron chi connectivity index (χ0n) is 28.2. The molecule has 12 nitrogen and oxygen atoms in total. The fourth-order valence-electron chi connectivity index (χ4n) is 5.69. The molecule has 3 heterocycles. The number of thiophene rings is 1. The number of alkyl carbamates (subject to hydrolysis) is 1. The summed E-state index contributed by atoms with van der Waals surface area (Å²) in [4.78, 5) is 54.9. The van der Waals surface area contributed by atoms with Gasteiger partial charge in [-0.15, -0.1) is 11.3 Å². The highest BCUT2D eigenvalue weighted by Gasteiger charge is 2.38. The molecule has 4 aromatic rings. The van der Waals surface area contributed by atoms with Gasteiger partial charge in [0.1, 0.15) is 29.1 Å². The van der Waals surface area contributed by atoms with Gasteiger partial charge in [-0.05, 0) is 94.3 Å². The number of piperidine rings is 1. The Kier molecular flexibility index (Phi) is 10.7. The molecule has 5 rings (SSSR count). The number of rotatable bonds is 9. The van der Waals surface area contributed by atoms with E-state index < -0.39 is 29.7 Å². The smallest absolute Gasteiger partial charge is 0.408 e. The van der Waals surface area contributed by atoms with Crippen LogP contribution in [0.2, 0.25) is 0 Å². The molecule has 0 saturated carbocycles. The predicted molar refractivity (Wildman–Crippen MR) is 186 cm³/mol. The number of anilines is 1. The van der Waals surface area contributed by atoms with E-state index in [0.717, 1.165) is 18.4 Å². The van der Waals surface area contributed by atoms with Crippen LogP contribution in [-0.4, -0.2) is 68.5 Å². The van der Waals surface area contributed by atoms with E-state index in [9.17, 15) is 24.3 Å². The van der Waals surface area contributed by atoms with Crippen LogP contribution in [0.3, 0.4) is 0 Å². The standard InChI is InChI=1S/C36H41N5O7S/c1-6-47-34(45)23-14-17-28(42)25(20-23)30-26(21-40(5)39-30)22-12-15-24(16-13-22)37-32(43)27-10-7-8-18-41(27)33(44)31(29-11-9-19-49-29)38-35(46)48-36(2,3)4/h9,11-17,19-21,27,31,42H,6-8,10,18H2,1-5H3,(H,37,43)(H,38,46)/t27-,31+/m0/s1. The Morgan fingerprint density at radius 3 is 2.49 bits per heavy atom. The lowest BCUT2D eigenvalue weighted by Gasteiger charge is -2.37. The van der Waals surface area contributed by atoms with E-state index in [2.05, 4.69) is 15.7 Å². The highest BCUT2D eigenvalue weighted by atomic mass is 32.1. The molecule has 1 aliphatic heterocycles. The van der Waals surface area contributed by atoms with E-state index in [0.29, 0.717) is 45.9 Å². The van der Waals surface area contributed by atoms with Gasteiger partial charge < -0.3 is 30.1 Å². The summed E-state index contributed by atoms with van der Waals surface area (Å²) < 4.78 is 12.2. The summed E-state index contributed by atoms with van der Waals surface area (Å²) in [5, 5.41) is 22.7. The van der Waals surface area contributed by atoms with Gasteiger partial charge in [-0.25, -0.2) is 9.59 Å². The molecule has 2 aromatic heterocycles. The van der Waals surface area contributed by atoms with Crippen molar-refractivity contribution in [2.24, 2.45) is 7.05 Å². The van der Waals surface area contributed by atoms with Crippen LogP contribution in [0.15, 0.2) is 66.2 Å². The third-order valence-corrected chi connectivity index (χ3v) is 8.82. The number of nitrogens with one attached hydrogen (secondary N) is 2. The number of likely N-dealkylation sites (tertiary alicyclic amines) is 1. The van der Waals surface area contributed by atoms with Gasteiger partial charge in [0.25, 0.3) is 5.91 Å². The molecule has 258 valence electrons. The monoisotopic (exact) mass is 687 g/mol. The second-order valence-electron chi connectivity index (χ2n) is 12.7. The van der Waals surface area contributed by atoms with Gasteiger partial charge in [0.15, 0.2) is 0 Å². The zero-order chi connectivity index (χ0) is 35.3. The van der Waals surface area contributed by atoms with Crippen LogP contribution < -0.4 is 10.6 Å². The molecule has 1 aliphatic rings. The number of esters is 1. The Hall–Kier alpha value is -5.17. The maximum absolute atomic E-state index is 14.0. The van der Waals surface area contributed by atoms with Crippen LogP contribution in [0.5, 0.6) is 5.75 Å². The maximum atomic E-state index is 14.0. The molecule has 0 unspecified atom stereocenters. The summed E-state index contributed by atoms with van der Waals surface area (Å²) >= 11 is 1.34. The molecule has 1 saturated heterocycles. The number of ether oxygens (including phenoxy) is 2. The van der Waals surface area contributed by atoms with E-state index >= 15 is 0 Å². The fourth-order valence-corrected chi connectivity index (χ4v) is 6.46. The van der Waals surface area contributed by atoms with Gasteiger partial charge in [-0.3, -0.25) is 14.3 Å². The average Bonchev–Trinajstić information content (AvgIpc) is 3.73. The summed E-state index contributed by atoms with van der Waals surface area (Å²) in [6.07, 6.45) is 3.08. The van der Waals surface area contributed by atoms with Gasteiger partial charge >= 0.3 is 12.1 Å². The van der Waals surface area contributed by atoms with Crippen molar-refractivity contribution in [3.8, 4) is 28.1 Å². The van der Waals surface area contributed by atoms with Gasteiger partial charge in [0.2, 0.25) is 5.91 Å². The normalized spacial score (nSPS) is 15.3. The van der Waals surface area contributed by atoms with E-state index in [1.807, 2.05) is 17.5 Å². The van der Waals surface area contributed by atoms with E-state index in [1.54, 1.807) is 80.9 Å². The lowest BCUT2D eigenvalue weighted by atomic mass is 9.98. The Labute approximate surface area is 289 Å². The first-order valence-electron chi connectivity index (χ1n) is 16.1. The number of aryl methyl sites for hydroxylation is 1. The summed E-state index contributed by atoms with van der Waals surface area (Å²) in [6, 6.07) is 13.5. The Morgan fingerprint density at radius 1 is 1.06 bits per heavy atom. The number of benzene rings is 2.